The number of benzene rings is 1. The van der Waals surface area contributed by atoms with E-state index in [1.807, 2.05) is 6.07 Å². The summed E-state index contributed by atoms with van der Waals surface area (Å²) >= 11 is 0. The highest BCUT2D eigenvalue weighted by molar-refractivity contribution is 5.71. The van der Waals surface area contributed by atoms with E-state index in [0.29, 0.717) is 25.0 Å². The summed E-state index contributed by atoms with van der Waals surface area (Å²) in [6.45, 7) is 11.7. The van der Waals surface area contributed by atoms with Crippen molar-refractivity contribution in [1.29, 1.82) is 0 Å². The van der Waals surface area contributed by atoms with Crippen LogP contribution >= 0.6 is 0 Å². The Bertz CT molecular complexity index is 707. The molecule has 5 heteroatoms. The topological polar surface area (TPSA) is 53.4 Å². The molecule has 0 saturated carbocycles. The number of rotatable bonds is 7. The highest BCUT2D eigenvalue weighted by Gasteiger charge is 2.20. The minimum absolute atomic E-state index is 0.000332. The quantitative estimate of drug-likeness (QED) is 0.702. The number of ether oxygens (including phenoxy) is 2. The standard InChI is InChI=1S/C20H28N2O3/c1-14(2)13-24-11-12-25-20(23)22-10-9-21-19(22)17(5)18-8-6-7-15(3)16(18)4/h6-10,14,17H,11-13H2,1-5H3/t17-/m0/s1. The maximum absolute atomic E-state index is 12.4. The minimum Gasteiger partial charge on any atom is -0.446 e. The van der Waals surface area contributed by atoms with Crippen molar-refractivity contribution in [2.75, 3.05) is 19.8 Å². The van der Waals surface area contributed by atoms with Gasteiger partial charge in [-0.15, -0.1) is 0 Å². The summed E-state index contributed by atoms with van der Waals surface area (Å²) < 4.78 is 12.2. The van der Waals surface area contributed by atoms with E-state index in [2.05, 4.69) is 51.7 Å². The fourth-order valence-corrected chi connectivity index (χ4v) is 2.75. The zero-order valence-corrected chi connectivity index (χ0v) is 15.8. The summed E-state index contributed by atoms with van der Waals surface area (Å²) in [6.07, 6.45) is 2.86. The van der Waals surface area contributed by atoms with Crippen LogP contribution in [0.15, 0.2) is 30.6 Å². The van der Waals surface area contributed by atoms with Crippen molar-refractivity contribution in [3.8, 4) is 0 Å². The van der Waals surface area contributed by atoms with Gasteiger partial charge in [0.25, 0.3) is 0 Å². The van der Waals surface area contributed by atoms with Gasteiger partial charge in [-0.2, -0.15) is 0 Å². The van der Waals surface area contributed by atoms with E-state index in [0.717, 1.165) is 0 Å². The molecule has 1 atom stereocenters. The molecule has 0 saturated heterocycles. The molecular formula is C20H28N2O3. The molecule has 0 radical (unpaired) electrons. The molecule has 1 heterocycles. The van der Waals surface area contributed by atoms with E-state index in [-0.39, 0.29) is 12.5 Å². The Hall–Kier alpha value is -2.14. The van der Waals surface area contributed by atoms with Gasteiger partial charge in [-0.1, -0.05) is 39.0 Å². The van der Waals surface area contributed by atoms with Crippen molar-refractivity contribution in [3.05, 3.63) is 53.1 Å². The zero-order chi connectivity index (χ0) is 18.4. The molecule has 0 unspecified atom stereocenters. The fourth-order valence-electron chi connectivity index (χ4n) is 2.75. The van der Waals surface area contributed by atoms with Crippen LogP contribution in [0.4, 0.5) is 4.79 Å². The van der Waals surface area contributed by atoms with Gasteiger partial charge in [0.2, 0.25) is 0 Å². The lowest BCUT2D eigenvalue weighted by molar-refractivity contribution is 0.0608. The SMILES string of the molecule is Cc1cccc([C@H](C)c2nccn2C(=O)OCCOCC(C)C)c1C. The maximum Gasteiger partial charge on any atom is 0.419 e. The number of aryl methyl sites for hydroxylation is 1. The second-order valence-electron chi connectivity index (χ2n) is 6.75. The maximum atomic E-state index is 12.4. The molecule has 2 rings (SSSR count). The van der Waals surface area contributed by atoms with Crippen molar-refractivity contribution in [1.82, 2.24) is 9.55 Å². The largest absolute Gasteiger partial charge is 0.446 e. The van der Waals surface area contributed by atoms with Gasteiger partial charge in [0, 0.05) is 24.9 Å². The van der Waals surface area contributed by atoms with Crippen LogP contribution in [-0.2, 0) is 9.47 Å². The molecule has 1 aromatic carbocycles. The summed E-state index contributed by atoms with van der Waals surface area (Å²) in [6, 6.07) is 6.20. The Morgan fingerprint density at radius 2 is 1.96 bits per heavy atom. The molecule has 0 aliphatic carbocycles. The van der Waals surface area contributed by atoms with Gasteiger partial charge in [-0.25, -0.2) is 14.3 Å². The molecule has 0 spiro atoms. The first kappa shape index (κ1) is 19.2. The van der Waals surface area contributed by atoms with Gasteiger partial charge in [0.05, 0.1) is 6.61 Å². The van der Waals surface area contributed by atoms with Crippen LogP contribution in [0, 0.1) is 19.8 Å². The Morgan fingerprint density at radius 3 is 2.68 bits per heavy atom. The highest BCUT2D eigenvalue weighted by Crippen LogP contribution is 2.27. The molecule has 5 nitrogen and oxygen atoms in total. The molecule has 0 fully saturated rings. The van der Waals surface area contributed by atoms with Gasteiger partial charge in [-0.3, -0.25) is 0 Å². The molecule has 0 N–H and O–H groups in total. The van der Waals surface area contributed by atoms with Crippen molar-refractivity contribution in [2.45, 2.75) is 40.5 Å². The van der Waals surface area contributed by atoms with Crippen molar-refractivity contribution in [3.63, 3.8) is 0 Å². The normalized spacial score (nSPS) is 12.4. The summed E-state index contributed by atoms with van der Waals surface area (Å²) in [7, 11) is 0. The summed E-state index contributed by atoms with van der Waals surface area (Å²) in [4.78, 5) is 16.7. The Morgan fingerprint density at radius 1 is 1.20 bits per heavy atom. The first-order valence-electron chi connectivity index (χ1n) is 8.76. The van der Waals surface area contributed by atoms with Crippen LogP contribution in [0.5, 0.6) is 0 Å². The average Bonchev–Trinajstić information content (AvgIpc) is 3.05. The first-order valence-corrected chi connectivity index (χ1v) is 8.76. The molecular weight excluding hydrogens is 316 g/mol. The fraction of sp³-hybridized carbons (Fsp3) is 0.500. The second kappa shape index (κ2) is 8.81. The molecule has 0 aliphatic rings. The third-order valence-electron chi connectivity index (χ3n) is 4.27. The van der Waals surface area contributed by atoms with Crippen LogP contribution < -0.4 is 0 Å². The Labute approximate surface area is 150 Å². The van der Waals surface area contributed by atoms with Gasteiger partial charge in [0.15, 0.2) is 0 Å². The third kappa shape index (κ3) is 4.92. The number of carbonyl (C=O) groups is 1. The van der Waals surface area contributed by atoms with Crippen molar-refractivity contribution >= 4 is 6.09 Å². The van der Waals surface area contributed by atoms with Crippen LogP contribution in [0.1, 0.15) is 49.2 Å². The Kier molecular flexibility index (Phi) is 6.76. The summed E-state index contributed by atoms with van der Waals surface area (Å²) in [5, 5.41) is 0. The zero-order valence-electron chi connectivity index (χ0n) is 15.8. The minimum atomic E-state index is -0.419. The molecule has 136 valence electrons. The number of aromatic nitrogens is 2. The van der Waals surface area contributed by atoms with Crippen molar-refractivity contribution < 1.29 is 14.3 Å². The van der Waals surface area contributed by atoms with Gasteiger partial charge in [-0.05, 0) is 36.5 Å². The van der Waals surface area contributed by atoms with Crippen LogP contribution in [0.3, 0.4) is 0 Å². The molecule has 0 aliphatic heterocycles. The summed E-state index contributed by atoms with van der Waals surface area (Å²) in [5.41, 5.74) is 3.62. The number of nitrogens with zero attached hydrogens (tertiary/aromatic N) is 2. The molecule has 0 bridgehead atoms. The molecule has 25 heavy (non-hydrogen) atoms. The molecule has 2 aromatic rings. The first-order chi connectivity index (χ1) is 11.9. The monoisotopic (exact) mass is 344 g/mol. The lowest BCUT2D eigenvalue weighted by Crippen LogP contribution is -2.20. The van der Waals surface area contributed by atoms with E-state index in [1.165, 1.54) is 21.3 Å². The van der Waals surface area contributed by atoms with Crippen molar-refractivity contribution in [2.24, 2.45) is 5.92 Å². The van der Waals surface area contributed by atoms with Crippen LogP contribution in [0.25, 0.3) is 0 Å². The van der Waals surface area contributed by atoms with Gasteiger partial charge >= 0.3 is 6.09 Å². The predicted octanol–water partition coefficient (Wildman–Crippen LogP) is 4.31. The lowest BCUT2D eigenvalue weighted by atomic mass is 9.93. The van der Waals surface area contributed by atoms with Crippen LogP contribution in [-0.4, -0.2) is 35.5 Å². The van der Waals surface area contributed by atoms with Gasteiger partial charge < -0.3 is 9.47 Å². The van der Waals surface area contributed by atoms with E-state index < -0.39 is 6.09 Å². The van der Waals surface area contributed by atoms with E-state index in [4.69, 9.17) is 9.47 Å². The molecule has 0 amide bonds. The Balaban J connectivity index is 2.04. The lowest BCUT2D eigenvalue weighted by Gasteiger charge is -2.17. The van der Waals surface area contributed by atoms with Crippen LogP contribution in [0.2, 0.25) is 0 Å². The second-order valence-corrected chi connectivity index (χ2v) is 6.75. The number of imidazole rings is 1. The average molecular weight is 344 g/mol. The molecule has 1 aromatic heterocycles. The van der Waals surface area contributed by atoms with E-state index in [1.54, 1.807) is 12.4 Å². The number of hydrogen-bond acceptors (Lipinski definition) is 4. The number of carbonyl (C=O) groups excluding carboxylic acids is 1. The summed E-state index contributed by atoms with van der Waals surface area (Å²) in [5.74, 6) is 1.15. The predicted molar refractivity (Wildman–Crippen MR) is 98.1 cm³/mol. The van der Waals surface area contributed by atoms with E-state index >= 15 is 0 Å². The van der Waals surface area contributed by atoms with E-state index in [9.17, 15) is 4.79 Å². The third-order valence-corrected chi connectivity index (χ3v) is 4.27. The highest BCUT2D eigenvalue weighted by atomic mass is 16.6. The number of hydrogen-bond donors (Lipinski definition) is 0. The smallest absolute Gasteiger partial charge is 0.419 e. The van der Waals surface area contributed by atoms with Gasteiger partial charge in [0.1, 0.15) is 12.4 Å².